The minimum absolute atomic E-state index is 0.193. The van der Waals surface area contributed by atoms with Crippen LogP contribution in [0.25, 0.3) is 0 Å². The van der Waals surface area contributed by atoms with Crippen LogP contribution >= 0.6 is 0 Å². The molecule has 0 aliphatic rings. The second kappa shape index (κ2) is 9.44. The standard InChI is InChI=1S/C16H26N2O5/c1-16(2,3)23-9-8-22-13-7-6-12(10-17-13)15(19)18-11-14(20-4)21-5/h6-7,10,14H,8-9,11H2,1-5H3,(H,18,19). The maximum absolute atomic E-state index is 11.9. The quantitative estimate of drug-likeness (QED) is 0.549. The van der Waals surface area contributed by atoms with Crippen LogP contribution < -0.4 is 10.1 Å². The van der Waals surface area contributed by atoms with Crippen LogP contribution in [0.1, 0.15) is 31.1 Å². The molecule has 1 amide bonds. The third kappa shape index (κ3) is 7.92. The number of nitrogens with one attached hydrogen (secondary N) is 1. The number of aromatic nitrogens is 1. The lowest BCUT2D eigenvalue weighted by Crippen LogP contribution is -2.34. The Balaban J connectivity index is 2.39. The number of hydrogen-bond acceptors (Lipinski definition) is 6. The first-order valence-electron chi connectivity index (χ1n) is 7.42. The molecule has 1 N–H and O–H groups in total. The van der Waals surface area contributed by atoms with Gasteiger partial charge in [-0.2, -0.15) is 0 Å². The molecule has 0 saturated carbocycles. The number of carbonyl (C=O) groups is 1. The molecule has 0 fully saturated rings. The molecular weight excluding hydrogens is 300 g/mol. The molecule has 1 aromatic rings. The fraction of sp³-hybridized carbons (Fsp3) is 0.625. The Hall–Kier alpha value is -1.70. The van der Waals surface area contributed by atoms with Crippen molar-refractivity contribution in [2.45, 2.75) is 32.7 Å². The summed E-state index contributed by atoms with van der Waals surface area (Å²) in [6.45, 7) is 7.08. The molecule has 1 heterocycles. The smallest absolute Gasteiger partial charge is 0.253 e. The molecule has 0 aliphatic carbocycles. The molecule has 0 saturated heterocycles. The van der Waals surface area contributed by atoms with Crippen LogP contribution in [0.2, 0.25) is 0 Å². The van der Waals surface area contributed by atoms with E-state index in [-0.39, 0.29) is 18.1 Å². The molecule has 0 aromatic carbocycles. The van der Waals surface area contributed by atoms with Crippen molar-refractivity contribution >= 4 is 5.91 Å². The van der Waals surface area contributed by atoms with Gasteiger partial charge in [0.05, 0.1) is 24.3 Å². The predicted octanol–water partition coefficient (Wildman–Crippen LogP) is 1.62. The second-order valence-corrected chi connectivity index (χ2v) is 5.81. The van der Waals surface area contributed by atoms with Crippen LogP contribution in [0.4, 0.5) is 0 Å². The average Bonchev–Trinajstić information content (AvgIpc) is 2.52. The van der Waals surface area contributed by atoms with Crippen molar-refractivity contribution in [3.05, 3.63) is 23.9 Å². The number of carbonyl (C=O) groups excluding carboxylic acids is 1. The van der Waals surface area contributed by atoms with Crippen molar-refractivity contribution in [1.82, 2.24) is 10.3 Å². The van der Waals surface area contributed by atoms with Gasteiger partial charge in [-0.05, 0) is 26.8 Å². The van der Waals surface area contributed by atoms with E-state index in [9.17, 15) is 4.79 Å². The first-order chi connectivity index (χ1) is 10.9. The lowest BCUT2D eigenvalue weighted by atomic mass is 10.2. The first kappa shape index (κ1) is 19.3. The van der Waals surface area contributed by atoms with Gasteiger partial charge in [0.1, 0.15) is 6.61 Å². The number of rotatable bonds is 9. The molecule has 1 aromatic heterocycles. The normalized spacial score (nSPS) is 11.6. The minimum Gasteiger partial charge on any atom is -0.475 e. The third-order valence-electron chi connectivity index (χ3n) is 2.82. The van der Waals surface area contributed by atoms with Crippen molar-refractivity contribution < 1.29 is 23.7 Å². The van der Waals surface area contributed by atoms with E-state index in [1.165, 1.54) is 20.4 Å². The Morgan fingerprint density at radius 3 is 2.43 bits per heavy atom. The Morgan fingerprint density at radius 2 is 1.91 bits per heavy atom. The molecule has 23 heavy (non-hydrogen) atoms. The molecule has 0 bridgehead atoms. The van der Waals surface area contributed by atoms with Crippen molar-refractivity contribution in [3.63, 3.8) is 0 Å². The molecule has 0 radical (unpaired) electrons. The van der Waals surface area contributed by atoms with Crippen LogP contribution in [-0.2, 0) is 14.2 Å². The molecule has 0 aliphatic heterocycles. The summed E-state index contributed by atoms with van der Waals surface area (Å²) in [6, 6.07) is 3.30. The molecule has 130 valence electrons. The van der Waals surface area contributed by atoms with Gasteiger partial charge in [-0.3, -0.25) is 4.79 Å². The molecule has 1 rings (SSSR count). The summed E-state index contributed by atoms with van der Waals surface area (Å²) in [6.07, 6.45) is 0.988. The fourth-order valence-electron chi connectivity index (χ4n) is 1.64. The third-order valence-corrected chi connectivity index (χ3v) is 2.82. The molecule has 0 unspecified atom stereocenters. The molecule has 7 nitrogen and oxygen atoms in total. The Morgan fingerprint density at radius 1 is 1.22 bits per heavy atom. The number of amides is 1. The number of ether oxygens (including phenoxy) is 4. The van der Waals surface area contributed by atoms with Gasteiger partial charge >= 0.3 is 0 Å². The van der Waals surface area contributed by atoms with E-state index >= 15 is 0 Å². The van der Waals surface area contributed by atoms with Crippen molar-refractivity contribution in [1.29, 1.82) is 0 Å². The predicted molar refractivity (Wildman–Crippen MR) is 85.6 cm³/mol. The zero-order valence-corrected chi connectivity index (χ0v) is 14.4. The highest BCUT2D eigenvalue weighted by Gasteiger charge is 2.11. The molecular formula is C16H26N2O5. The van der Waals surface area contributed by atoms with Gasteiger partial charge in [0.15, 0.2) is 6.29 Å². The van der Waals surface area contributed by atoms with Crippen LogP contribution in [0.15, 0.2) is 18.3 Å². The molecule has 0 spiro atoms. The highest BCUT2D eigenvalue weighted by Crippen LogP contribution is 2.09. The number of hydrogen-bond donors (Lipinski definition) is 1. The van der Waals surface area contributed by atoms with Crippen molar-refractivity contribution in [2.24, 2.45) is 0 Å². The van der Waals surface area contributed by atoms with Crippen LogP contribution in [0, 0.1) is 0 Å². The Labute approximate surface area is 137 Å². The number of nitrogens with zero attached hydrogens (tertiary/aromatic N) is 1. The second-order valence-electron chi connectivity index (χ2n) is 5.81. The van der Waals surface area contributed by atoms with E-state index in [0.717, 1.165) is 0 Å². The highest BCUT2D eigenvalue weighted by molar-refractivity contribution is 5.93. The Kier molecular flexibility index (Phi) is 7.94. The van der Waals surface area contributed by atoms with Gasteiger partial charge < -0.3 is 24.3 Å². The first-order valence-corrected chi connectivity index (χ1v) is 7.42. The SMILES string of the molecule is COC(CNC(=O)c1ccc(OCCOC(C)(C)C)nc1)OC. The molecule has 7 heteroatoms. The van der Waals surface area contributed by atoms with Gasteiger partial charge in [0, 0.05) is 26.5 Å². The van der Waals surface area contributed by atoms with E-state index in [0.29, 0.717) is 24.7 Å². The minimum atomic E-state index is -0.475. The van der Waals surface area contributed by atoms with E-state index in [4.69, 9.17) is 18.9 Å². The summed E-state index contributed by atoms with van der Waals surface area (Å²) in [5, 5.41) is 2.70. The highest BCUT2D eigenvalue weighted by atomic mass is 16.7. The van der Waals surface area contributed by atoms with Gasteiger partial charge in [0.2, 0.25) is 5.88 Å². The van der Waals surface area contributed by atoms with Gasteiger partial charge in [-0.25, -0.2) is 4.98 Å². The van der Waals surface area contributed by atoms with Gasteiger partial charge in [0.25, 0.3) is 5.91 Å². The topological polar surface area (TPSA) is 78.9 Å². The van der Waals surface area contributed by atoms with Crippen molar-refractivity contribution in [2.75, 3.05) is 34.0 Å². The van der Waals surface area contributed by atoms with E-state index in [1.807, 2.05) is 20.8 Å². The fourth-order valence-corrected chi connectivity index (χ4v) is 1.64. The summed E-state index contributed by atoms with van der Waals surface area (Å²) in [5.41, 5.74) is 0.246. The average molecular weight is 326 g/mol. The van der Waals surface area contributed by atoms with Crippen LogP contribution in [0.5, 0.6) is 5.88 Å². The maximum atomic E-state index is 11.9. The van der Waals surface area contributed by atoms with Gasteiger partial charge in [-0.15, -0.1) is 0 Å². The van der Waals surface area contributed by atoms with Crippen LogP contribution in [0.3, 0.4) is 0 Å². The zero-order valence-electron chi connectivity index (χ0n) is 14.4. The summed E-state index contributed by atoms with van der Waals surface area (Å²) < 4.78 is 21.0. The number of pyridine rings is 1. The zero-order chi connectivity index (χ0) is 17.3. The summed E-state index contributed by atoms with van der Waals surface area (Å²) in [5.74, 6) is 0.199. The maximum Gasteiger partial charge on any atom is 0.253 e. The Bertz CT molecular complexity index is 466. The number of methoxy groups -OCH3 is 2. The molecule has 0 atom stereocenters. The monoisotopic (exact) mass is 326 g/mol. The van der Waals surface area contributed by atoms with E-state index < -0.39 is 6.29 Å². The summed E-state index contributed by atoms with van der Waals surface area (Å²) in [7, 11) is 3.02. The largest absolute Gasteiger partial charge is 0.475 e. The van der Waals surface area contributed by atoms with E-state index in [2.05, 4.69) is 10.3 Å². The van der Waals surface area contributed by atoms with Gasteiger partial charge in [-0.1, -0.05) is 0 Å². The lowest BCUT2D eigenvalue weighted by Gasteiger charge is -2.19. The van der Waals surface area contributed by atoms with E-state index in [1.54, 1.807) is 12.1 Å². The summed E-state index contributed by atoms with van der Waals surface area (Å²) >= 11 is 0. The lowest BCUT2D eigenvalue weighted by molar-refractivity contribution is -0.0974. The van der Waals surface area contributed by atoms with Crippen LogP contribution in [-0.4, -0.2) is 56.8 Å². The van der Waals surface area contributed by atoms with Crippen molar-refractivity contribution in [3.8, 4) is 5.88 Å². The summed E-state index contributed by atoms with van der Waals surface area (Å²) in [4.78, 5) is 16.0.